The minimum atomic E-state index is 0.204. The second-order valence-electron chi connectivity index (χ2n) is 4.48. The lowest BCUT2D eigenvalue weighted by molar-refractivity contribution is 0.150. The molecule has 0 amide bonds. The SMILES string of the molecule is OCC1CCCN1Cc1noc(-c2ccsc2)n1. The zero-order valence-electron chi connectivity index (χ0n) is 9.95. The molecule has 0 bridgehead atoms. The van der Waals surface area contributed by atoms with Crippen LogP contribution in [0.1, 0.15) is 18.7 Å². The van der Waals surface area contributed by atoms with Gasteiger partial charge in [-0.25, -0.2) is 0 Å². The smallest absolute Gasteiger partial charge is 0.258 e. The summed E-state index contributed by atoms with van der Waals surface area (Å²) in [6.45, 7) is 1.85. The normalized spacial score (nSPS) is 20.6. The third kappa shape index (κ3) is 2.31. The van der Waals surface area contributed by atoms with Crippen LogP contribution in [0.15, 0.2) is 21.3 Å². The zero-order valence-corrected chi connectivity index (χ0v) is 10.8. The van der Waals surface area contributed by atoms with Crippen LogP contribution < -0.4 is 0 Å². The first-order valence-corrected chi connectivity index (χ1v) is 7.01. The van der Waals surface area contributed by atoms with E-state index in [1.54, 1.807) is 11.3 Å². The Morgan fingerprint density at radius 2 is 2.50 bits per heavy atom. The summed E-state index contributed by atoms with van der Waals surface area (Å²) in [7, 11) is 0. The second-order valence-corrected chi connectivity index (χ2v) is 5.26. The molecule has 96 valence electrons. The maximum atomic E-state index is 9.27. The molecule has 18 heavy (non-hydrogen) atoms. The number of aliphatic hydroxyl groups is 1. The van der Waals surface area contributed by atoms with Gasteiger partial charge in [-0.1, -0.05) is 5.16 Å². The predicted octanol–water partition coefficient (Wildman–Crippen LogP) is 1.75. The van der Waals surface area contributed by atoms with Gasteiger partial charge in [-0.2, -0.15) is 16.3 Å². The molecule has 3 heterocycles. The number of rotatable bonds is 4. The lowest BCUT2D eigenvalue weighted by Crippen LogP contribution is -2.31. The summed E-state index contributed by atoms with van der Waals surface area (Å²) in [5, 5.41) is 17.2. The van der Waals surface area contributed by atoms with Gasteiger partial charge in [0.1, 0.15) is 0 Å². The number of nitrogens with zero attached hydrogens (tertiary/aromatic N) is 3. The van der Waals surface area contributed by atoms with Gasteiger partial charge in [-0.15, -0.1) is 0 Å². The van der Waals surface area contributed by atoms with E-state index in [9.17, 15) is 5.11 Å². The van der Waals surface area contributed by atoms with Gasteiger partial charge in [0.25, 0.3) is 5.89 Å². The molecule has 0 aromatic carbocycles. The molecular weight excluding hydrogens is 250 g/mol. The average Bonchev–Trinajstić information content (AvgIpc) is 3.10. The second kappa shape index (κ2) is 5.17. The first-order chi connectivity index (χ1) is 8.86. The van der Waals surface area contributed by atoms with E-state index >= 15 is 0 Å². The molecule has 0 radical (unpaired) electrons. The van der Waals surface area contributed by atoms with Crippen LogP contribution in [0.25, 0.3) is 11.5 Å². The predicted molar refractivity (Wildman–Crippen MR) is 68.1 cm³/mol. The van der Waals surface area contributed by atoms with Gasteiger partial charge in [-0.05, 0) is 30.8 Å². The van der Waals surface area contributed by atoms with Gasteiger partial charge in [-0.3, -0.25) is 4.90 Å². The average molecular weight is 265 g/mol. The van der Waals surface area contributed by atoms with Crippen LogP contribution in [0.5, 0.6) is 0 Å². The highest BCUT2D eigenvalue weighted by atomic mass is 32.1. The summed E-state index contributed by atoms with van der Waals surface area (Å²) in [6, 6.07) is 2.21. The van der Waals surface area contributed by atoms with Crippen molar-refractivity contribution in [1.82, 2.24) is 15.0 Å². The molecule has 1 unspecified atom stereocenters. The number of likely N-dealkylation sites (tertiary alicyclic amines) is 1. The van der Waals surface area contributed by atoms with E-state index in [2.05, 4.69) is 15.0 Å². The van der Waals surface area contributed by atoms with Gasteiger partial charge in [0, 0.05) is 11.4 Å². The van der Waals surface area contributed by atoms with Crippen LogP contribution in [0.4, 0.5) is 0 Å². The minimum Gasteiger partial charge on any atom is -0.395 e. The lowest BCUT2D eigenvalue weighted by atomic mass is 10.2. The van der Waals surface area contributed by atoms with E-state index in [0.717, 1.165) is 24.9 Å². The maximum absolute atomic E-state index is 9.27. The molecule has 0 spiro atoms. The van der Waals surface area contributed by atoms with Crippen molar-refractivity contribution in [3.8, 4) is 11.5 Å². The van der Waals surface area contributed by atoms with Crippen LogP contribution >= 0.6 is 11.3 Å². The van der Waals surface area contributed by atoms with Crippen molar-refractivity contribution < 1.29 is 9.63 Å². The molecule has 3 rings (SSSR count). The van der Waals surface area contributed by atoms with E-state index in [0.29, 0.717) is 18.3 Å². The Hall–Kier alpha value is -1.24. The molecule has 5 nitrogen and oxygen atoms in total. The Morgan fingerprint density at radius 1 is 1.56 bits per heavy atom. The highest BCUT2D eigenvalue weighted by molar-refractivity contribution is 7.08. The van der Waals surface area contributed by atoms with Gasteiger partial charge in [0.15, 0.2) is 5.82 Å². The molecule has 1 atom stereocenters. The Kier molecular flexibility index (Phi) is 3.40. The first kappa shape index (κ1) is 11.8. The third-order valence-corrected chi connectivity index (χ3v) is 3.97. The van der Waals surface area contributed by atoms with E-state index < -0.39 is 0 Å². The summed E-state index contributed by atoms with van der Waals surface area (Å²) in [6.07, 6.45) is 2.17. The topological polar surface area (TPSA) is 62.4 Å². The van der Waals surface area contributed by atoms with E-state index in [1.165, 1.54) is 0 Å². The largest absolute Gasteiger partial charge is 0.395 e. The fourth-order valence-electron chi connectivity index (χ4n) is 2.31. The Morgan fingerprint density at radius 3 is 3.28 bits per heavy atom. The summed E-state index contributed by atoms with van der Waals surface area (Å²) in [5.41, 5.74) is 0.971. The maximum Gasteiger partial charge on any atom is 0.258 e. The van der Waals surface area contributed by atoms with Crippen molar-refractivity contribution in [2.24, 2.45) is 0 Å². The van der Waals surface area contributed by atoms with E-state index in [1.807, 2.05) is 16.8 Å². The Labute approximate surface area is 109 Å². The molecule has 0 saturated carbocycles. The fourth-order valence-corrected chi connectivity index (χ4v) is 2.94. The van der Waals surface area contributed by atoms with Crippen molar-refractivity contribution in [3.63, 3.8) is 0 Å². The van der Waals surface area contributed by atoms with Crippen molar-refractivity contribution in [1.29, 1.82) is 0 Å². The lowest BCUT2D eigenvalue weighted by Gasteiger charge is -2.20. The number of aliphatic hydroxyl groups excluding tert-OH is 1. The molecule has 1 N–H and O–H groups in total. The molecule has 1 aliphatic heterocycles. The van der Waals surface area contributed by atoms with E-state index in [-0.39, 0.29) is 12.6 Å². The third-order valence-electron chi connectivity index (χ3n) is 3.29. The van der Waals surface area contributed by atoms with Crippen LogP contribution in [-0.4, -0.2) is 39.3 Å². The van der Waals surface area contributed by atoms with E-state index in [4.69, 9.17) is 4.52 Å². The van der Waals surface area contributed by atoms with Gasteiger partial charge in [0.05, 0.1) is 18.7 Å². The molecule has 6 heteroatoms. The molecule has 0 aliphatic carbocycles. The minimum absolute atomic E-state index is 0.204. The molecule has 2 aromatic heterocycles. The standard InChI is InChI=1S/C12H15N3O2S/c16-7-10-2-1-4-15(10)6-11-13-12(17-14-11)9-3-5-18-8-9/h3,5,8,10,16H,1-2,4,6-7H2. The summed E-state index contributed by atoms with van der Waals surface area (Å²) in [5.74, 6) is 1.27. The molecule has 1 aliphatic rings. The van der Waals surface area contributed by atoms with Crippen LogP contribution in [0.3, 0.4) is 0 Å². The number of thiophene rings is 1. The number of hydrogen-bond donors (Lipinski definition) is 1. The summed E-state index contributed by atoms with van der Waals surface area (Å²) >= 11 is 1.61. The molecule has 1 saturated heterocycles. The quantitative estimate of drug-likeness (QED) is 0.912. The fraction of sp³-hybridized carbons (Fsp3) is 0.500. The van der Waals surface area contributed by atoms with Gasteiger partial charge in [0.2, 0.25) is 0 Å². The van der Waals surface area contributed by atoms with Crippen molar-refractivity contribution in [2.45, 2.75) is 25.4 Å². The zero-order chi connectivity index (χ0) is 12.4. The molecule has 2 aromatic rings. The highest BCUT2D eigenvalue weighted by Crippen LogP contribution is 2.22. The van der Waals surface area contributed by atoms with Crippen molar-refractivity contribution >= 4 is 11.3 Å². The Balaban J connectivity index is 1.70. The van der Waals surface area contributed by atoms with Crippen LogP contribution in [-0.2, 0) is 6.54 Å². The first-order valence-electron chi connectivity index (χ1n) is 6.07. The monoisotopic (exact) mass is 265 g/mol. The summed E-state index contributed by atoms with van der Waals surface area (Å²) in [4.78, 5) is 6.60. The number of aromatic nitrogens is 2. The molecule has 1 fully saturated rings. The van der Waals surface area contributed by atoms with Crippen LogP contribution in [0.2, 0.25) is 0 Å². The Bertz CT molecular complexity index is 497. The van der Waals surface area contributed by atoms with Gasteiger partial charge >= 0.3 is 0 Å². The van der Waals surface area contributed by atoms with Crippen molar-refractivity contribution in [3.05, 3.63) is 22.7 Å². The molecular formula is C12H15N3O2S. The van der Waals surface area contributed by atoms with Crippen molar-refractivity contribution in [2.75, 3.05) is 13.2 Å². The number of hydrogen-bond acceptors (Lipinski definition) is 6. The highest BCUT2D eigenvalue weighted by Gasteiger charge is 2.25. The van der Waals surface area contributed by atoms with Crippen LogP contribution in [0, 0.1) is 0 Å². The summed E-state index contributed by atoms with van der Waals surface area (Å²) < 4.78 is 5.24. The van der Waals surface area contributed by atoms with Gasteiger partial charge < -0.3 is 9.63 Å².